The van der Waals surface area contributed by atoms with E-state index in [-0.39, 0.29) is 11.9 Å². The van der Waals surface area contributed by atoms with E-state index in [1.807, 2.05) is 32.0 Å². The second kappa shape index (κ2) is 9.36. The zero-order chi connectivity index (χ0) is 18.2. The fraction of sp³-hybridized carbons (Fsp3) is 0.611. The summed E-state index contributed by atoms with van der Waals surface area (Å²) in [5, 5.41) is 2.81. The molecule has 7 nitrogen and oxygen atoms in total. The van der Waals surface area contributed by atoms with Gasteiger partial charge in [0.15, 0.2) is 0 Å². The smallest absolute Gasteiger partial charge is 0.328 e. The molecular formula is C18H28N4O3. The molecule has 1 unspecified atom stereocenters. The molecule has 1 aliphatic rings. The maximum atomic E-state index is 12.3. The van der Waals surface area contributed by atoms with Gasteiger partial charge in [0.05, 0.1) is 13.7 Å². The Morgan fingerprint density at radius 1 is 1.24 bits per heavy atom. The van der Waals surface area contributed by atoms with Gasteiger partial charge in [-0.2, -0.15) is 0 Å². The van der Waals surface area contributed by atoms with Crippen LogP contribution in [0.15, 0.2) is 24.4 Å². The van der Waals surface area contributed by atoms with E-state index in [0.29, 0.717) is 18.9 Å². The number of esters is 1. The van der Waals surface area contributed by atoms with Gasteiger partial charge in [-0.15, -0.1) is 0 Å². The van der Waals surface area contributed by atoms with Crippen molar-refractivity contribution in [3.05, 3.63) is 24.4 Å². The Kier molecular flexibility index (Phi) is 7.18. The van der Waals surface area contributed by atoms with Gasteiger partial charge >= 0.3 is 5.97 Å². The molecule has 7 heteroatoms. The minimum Gasteiger partial charge on any atom is -0.467 e. The van der Waals surface area contributed by atoms with Gasteiger partial charge in [-0.25, -0.2) is 9.78 Å². The van der Waals surface area contributed by atoms with Gasteiger partial charge in [0, 0.05) is 32.4 Å². The lowest BCUT2D eigenvalue weighted by atomic mass is 10.0. The molecular weight excluding hydrogens is 320 g/mol. The molecule has 25 heavy (non-hydrogen) atoms. The van der Waals surface area contributed by atoms with E-state index in [0.717, 1.165) is 32.0 Å². The number of anilines is 1. The van der Waals surface area contributed by atoms with Crippen LogP contribution < -0.4 is 10.2 Å². The van der Waals surface area contributed by atoms with Crippen LogP contribution in [0.2, 0.25) is 0 Å². The van der Waals surface area contributed by atoms with Crippen LogP contribution in [0.25, 0.3) is 0 Å². The first-order chi connectivity index (χ1) is 12.0. The van der Waals surface area contributed by atoms with Crippen LogP contribution in [0.3, 0.4) is 0 Å². The van der Waals surface area contributed by atoms with Crippen LogP contribution >= 0.6 is 0 Å². The van der Waals surface area contributed by atoms with E-state index in [2.05, 4.69) is 20.1 Å². The summed E-state index contributed by atoms with van der Waals surface area (Å²) in [5.74, 6) is 0.741. The number of hydrogen-bond acceptors (Lipinski definition) is 6. The van der Waals surface area contributed by atoms with Gasteiger partial charge in [0.25, 0.3) is 0 Å². The average Bonchev–Trinajstić information content (AvgIpc) is 2.61. The fourth-order valence-corrected chi connectivity index (χ4v) is 2.95. The second-order valence-electron chi connectivity index (χ2n) is 6.72. The number of aromatic nitrogens is 1. The highest BCUT2D eigenvalue weighted by atomic mass is 16.5. The third-order valence-electron chi connectivity index (χ3n) is 4.24. The van der Waals surface area contributed by atoms with Gasteiger partial charge < -0.3 is 15.0 Å². The summed E-state index contributed by atoms with van der Waals surface area (Å²) < 4.78 is 4.79. The van der Waals surface area contributed by atoms with Crippen molar-refractivity contribution in [3.63, 3.8) is 0 Å². The average molecular weight is 348 g/mol. The number of carbonyl (C=O) groups excluding carboxylic acids is 2. The predicted octanol–water partition coefficient (Wildman–Crippen LogP) is 0.908. The number of pyridine rings is 1. The lowest BCUT2D eigenvalue weighted by Crippen LogP contribution is -2.52. The molecule has 1 amide bonds. The van der Waals surface area contributed by atoms with Crippen LogP contribution in [0.4, 0.5) is 5.82 Å². The molecule has 0 saturated carbocycles. The molecule has 0 aliphatic carbocycles. The Labute approximate surface area is 149 Å². The monoisotopic (exact) mass is 348 g/mol. The lowest BCUT2D eigenvalue weighted by molar-refractivity contribution is -0.145. The molecule has 1 N–H and O–H groups in total. The first kappa shape index (κ1) is 19.2. The summed E-state index contributed by atoms with van der Waals surface area (Å²) in [4.78, 5) is 32.8. The first-order valence-corrected chi connectivity index (χ1v) is 8.75. The number of nitrogens with zero attached hydrogens (tertiary/aromatic N) is 3. The predicted molar refractivity (Wildman–Crippen MR) is 96.3 cm³/mol. The summed E-state index contributed by atoms with van der Waals surface area (Å²) in [6, 6.07) is 5.30. The largest absolute Gasteiger partial charge is 0.467 e. The maximum absolute atomic E-state index is 12.3. The quantitative estimate of drug-likeness (QED) is 0.738. The molecule has 1 aliphatic heterocycles. The van der Waals surface area contributed by atoms with Crippen LogP contribution in [-0.2, 0) is 14.3 Å². The molecule has 0 bridgehead atoms. The zero-order valence-electron chi connectivity index (χ0n) is 15.3. The molecule has 1 aromatic heterocycles. The number of nitrogens with one attached hydrogen (secondary N) is 1. The number of hydrogen-bond donors (Lipinski definition) is 1. The highest BCUT2D eigenvalue weighted by molar-refractivity contribution is 5.85. The highest BCUT2D eigenvalue weighted by Crippen LogP contribution is 2.12. The fourth-order valence-electron chi connectivity index (χ4n) is 2.95. The maximum Gasteiger partial charge on any atom is 0.328 e. The van der Waals surface area contributed by atoms with E-state index in [1.165, 1.54) is 7.11 Å². The molecule has 2 rings (SSSR count). The lowest BCUT2D eigenvalue weighted by Gasteiger charge is -2.35. The topological polar surface area (TPSA) is 74.8 Å². The van der Waals surface area contributed by atoms with Crippen molar-refractivity contribution in [2.75, 3.05) is 44.7 Å². The zero-order valence-corrected chi connectivity index (χ0v) is 15.3. The summed E-state index contributed by atoms with van der Waals surface area (Å²) in [6.07, 6.45) is 2.36. The van der Waals surface area contributed by atoms with E-state index in [1.54, 1.807) is 6.20 Å². The first-order valence-electron chi connectivity index (χ1n) is 8.75. The Hall–Kier alpha value is -2.15. The molecule has 1 fully saturated rings. The Morgan fingerprint density at radius 2 is 1.96 bits per heavy atom. The van der Waals surface area contributed by atoms with Crippen molar-refractivity contribution >= 4 is 17.7 Å². The van der Waals surface area contributed by atoms with Gasteiger partial charge in [0.1, 0.15) is 11.9 Å². The third kappa shape index (κ3) is 6.01. The number of ether oxygens (including phenoxy) is 1. The Balaban J connectivity index is 1.80. The van der Waals surface area contributed by atoms with Crippen LogP contribution in [0.1, 0.15) is 20.3 Å². The number of rotatable bonds is 7. The van der Waals surface area contributed by atoms with E-state index >= 15 is 0 Å². The van der Waals surface area contributed by atoms with Crippen LogP contribution in [0.5, 0.6) is 0 Å². The Morgan fingerprint density at radius 3 is 2.52 bits per heavy atom. The number of piperazine rings is 1. The second-order valence-corrected chi connectivity index (χ2v) is 6.72. The summed E-state index contributed by atoms with van der Waals surface area (Å²) in [6.45, 7) is 7.56. The van der Waals surface area contributed by atoms with E-state index in [4.69, 9.17) is 4.74 Å². The molecule has 0 spiro atoms. The van der Waals surface area contributed by atoms with Crippen molar-refractivity contribution < 1.29 is 14.3 Å². The van der Waals surface area contributed by atoms with Gasteiger partial charge in [-0.05, 0) is 24.5 Å². The van der Waals surface area contributed by atoms with Gasteiger partial charge in [-0.1, -0.05) is 19.9 Å². The van der Waals surface area contributed by atoms with E-state index in [9.17, 15) is 9.59 Å². The van der Waals surface area contributed by atoms with Crippen LogP contribution in [-0.4, -0.2) is 67.6 Å². The molecule has 1 saturated heterocycles. The summed E-state index contributed by atoms with van der Waals surface area (Å²) in [7, 11) is 1.35. The standard InChI is InChI=1S/C18H28N4O3/c1-14(2)12-15(18(24)25-3)20-17(23)13-21-8-10-22(11-9-21)16-6-4-5-7-19-16/h4-7,14-15H,8-13H2,1-3H3,(H,20,23). The molecule has 1 atom stereocenters. The summed E-state index contributed by atoms with van der Waals surface area (Å²) in [5.41, 5.74) is 0. The third-order valence-corrected chi connectivity index (χ3v) is 4.24. The molecule has 138 valence electrons. The number of amides is 1. The van der Waals surface area contributed by atoms with Crippen molar-refractivity contribution in [3.8, 4) is 0 Å². The SMILES string of the molecule is COC(=O)C(CC(C)C)NC(=O)CN1CCN(c2ccccn2)CC1. The van der Waals surface area contributed by atoms with Crippen molar-refractivity contribution in [1.29, 1.82) is 0 Å². The van der Waals surface area contributed by atoms with Gasteiger partial charge in [0.2, 0.25) is 5.91 Å². The normalized spacial score (nSPS) is 16.6. The molecule has 0 radical (unpaired) electrons. The van der Waals surface area contributed by atoms with Crippen molar-refractivity contribution in [2.45, 2.75) is 26.3 Å². The minimum absolute atomic E-state index is 0.137. The van der Waals surface area contributed by atoms with Crippen LogP contribution in [0, 0.1) is 5.92 Å². The summed E-state index contributed by atoms with van der Waals surface area (Å²) >= 11 is 0. The molecule has 1 aromatic rings. The van der Waals surface area contributed by atoms with Gasteiger partial charge in [-0.3, -0.25) is 9.69 Å². The molecule has 2 heterocycles. The van der Waals surface area contributed by atoms with Crippen molar-refractivity contribution in [2.24, 2.45) is 5.92 Å². The number of carbonyl (C=O) groups is 2. The Bertz CT molecular complexity index is 557. The molecule has 0 aromatic carbocycles. The number of methoxy groups -OCH3 is 1. The van der Waals surface area contributed by atoms with Crippen molar-refractivity contribution in [1.82, 2.24) is 15.2 Å². The minimum atomic E-state index is -0.577. The van der Waals surface area contributed by atoms with E-state index < -0.39 is 6.04 Å². The highest BCUT2D eigenvalue weighted by Gasteiger charge is 2.25.